The Hall–Kier alpha value is -0.570. The average Bonchev–Trinajstić information content (AvgIpc) is 2.92. The first kappa shape index (κ1) is 11.9. The van der Waals surface area contributed by atoms with E-state index in [1.807, 2.05) is 4.90 Å². The van der Waals surface area contributed by atoms with Crippen LogP contribution in [0, 0.1) is 11.8 Å². The third-order valence-corrected chi connectivity index (χ3v) is 3.91. The SMILES string of the molecule is CC(=O)N1CCC(NC(C(C)C)C2CC2)C1. The fourth-order valence-corrected chi connectivity index (χ4v) is 2.78. The van der Waals surface area contributed by atoms with Gasteiger partial charge in [0, 0.05) is 32.1 Å². The molecular formula is C13H24N2O. The van der Waals surface area contributed by atoms with Crippen molar-refractivity contribution in [3.05, 3.63) is 0 Å². The van der Waals surface area contributed by atoms with Gasteiger partial charge in [-0.25, -0.2) is 0 Å². The highest BCUT2D eigenvalue weighted by atomic mass is 16.2. The number of likely N-dealkylation sites (tertiary alicyclic amines) is 1. The Morgan fingerprint density at radius 1 is 1.31 bits per heavy atom. The molecule has 2 atom stereocenters. The average molecular weight is 224 g/mol. The van der Waals surface area contributed by atoms with Crippen molar-refractivity contribution >= 4 is 5.91 Å². The topological polar surface area (TPSA) is 32.3 Å². The molecule has 1 N–H and O–H groups in total. The molecule has 0 radical (unpaired) electrons. The maximum Gasteiger partial charge on any atom is 0.219 e. The van der Waals surface area contributed by atoms with Gasteiger partial charge >= 0.3 is 0 Å². The number of nitrogens with one attached hydrogen (secondary N) is 1. The molecule has 2 unspecified atom stereocenters. The maximum atomic E-state index is 11.3. The van der Waals surface area contributed by atoms with Gasteiger partial charge in [-0.3, -0.25) is 4.79 Å². The molecule has 3 heteroatoms. The van der Waals surface area contributed by atoms with Gasteiger partial charge in [0.05, 0.1) is 0 Å². The van der Waals surface area contributed by atoms with Gasteiger partial charge in [0.2, 0.25) is 5.91 Å². The summed E-state index contributed by atoms with van der Waals surface area (Å²) in [4.78, 5) is 13.2. The lowest BCUT2D eigenvalue weighted by Gasteiger charge is -2.26. The highest BCUT2D eigenvalue weighted by molar-refractivity contribution is 5.73. The summed E-state index contributed by atoms with van der Waals surface area (Å²) in [6.45, 7) is 8.11. The van der Waals surface area contributed by atoms with Gasteiger partial charge < -0.3 is 10.2 Å². The van der Waals surface area contributed by atoms with Crippen LogP contribution in [0.2, 0.25) is 0 Å². The fraction of sp³-hybridized carbons (Fsp3) is 0.923. The van der Waals surface area contributed by atoms with E-state index in [0.29, 0.717) is 18.0 Å². The van der Waals surface area contributed by atoms with Crippen LogP contribution in [0.1, 0.15) is 40.0 Å². The summed E-state index contributed by atoms with van der Waals surface area (Å²) in [6.07, 6.45) is 3.90. The standard InChI is InChI=1S/C13H24N2O/c1-9(2)13(11-4-5-11)14-12-6-7-15(8-12)10(3)16/h9,11-14H,4-8H2,1-3H3. The molecule has 1 saturated heterocycles. The normalized spacial score (nSPS) is 27.5. The van der Waals surface area contributed by atoms with E-state index >= 15 is 0 Å². The molecule has 1 heterocycles. The zero-order chi connectivity index (χ0) is 11.7. The highest BCUT2D eigenvalue weighted by Crippen LogP contribution is 2.36. The van der Waals surface area contributed by atoms with Crippen LogP contribution in [0.5, 0.6) is 0 Å². The zero-order valence-corrected chi connectivity index (χ0v) is 10.7. The second-order valence-corrected chi connectivity index (χ2v) is 5.72. The van der Waals surface area contributed by atoms with E-state index in [9.17, 15) is 4.79 Å². The van der Waals surface area contributed by atoms with E-state index in [4.69, 9.17) is 0 Å². The smallest absolute Gasteiger partial charge is 0.219 e. The van der Waals surface area contributed by atoms with Gasteiger partial charge in [-0.05, 0) is 31.1 Å². The summed E-state index contributed by atoms with van der Waals surface area (Å²) < 4.78 is 0. The Balaban J connectivity index is 1.83. The first-order valence-corrected chi connectivity index (χ1v) is 6.59. The van der Waals surface area contributed by atoms with Gasteiger partial charge in [0.15, 0.2) is 0 Å². The van der Waals surface area contributed by atoms with Crippen molar-refractivity contribution < 1.29 is 4.79 Å². The molecule has 1 aliphatic heterocycles. The fourth-order valence-electron chi connectivity index (χ4n) is 2.78. The molecule has 1 amide bonds. The van der Waals surface area contributed by atoms with Crippen LogP contribution in [0.25, 0.3) is 0 Å². The number of hydrogen-bond donors (Lipinski definition) is 1. The summed E-state index contributed by atoms with van der Waals surface area (Å²) in [5, 5.41) is 3.77. The van der Waals surface area contributed by atoms with Crippen molar-refractivity contribution in [3.8, 4) is 0 Å². The maximum absolute atomic E-state index is 11.3. The van der Waals surface area contributed by atoms with Gasteiger partial charge in [-0.1, -0.05) is 13.8 Å². The Labute approximate surface area is 98.6 Å². The molecule has 16 heavy (non-hydrogen) atoms. The Morgan fingerprint density at radius 3 is 2.44 bits per heavy atom. The predicted octanol–water partition coefficient (Wildman–Crippen LogP) is 1.63. The van der Waals surface area contributed by atoms with E-state index in [1.165, 1.54) is 12.8 Å². The van der Waals surface area contributed by atoms with Crippen molar-refractivity contribution in [2.75, 3.05) is 13.1 Å². The van der Waals surface area contributed by atoms with Crippen molar-refractivity contribution in [1.29, 1.82) is 0 Å². The number of nitrogens with zero attached hydrogens (tertiary/aromatic N) is 1. The molecule has 2 aliphatic rings. The van der Waals surface area contributed by atoms with Crippen LogP contribution in [-0.2, 0) is 4.79 Å². The molecule has 3 nitrogen and oxygen atoms in total. The van der Waals surface area contributed by atoms with Crippen LogP contribution in [0.3, 0.4) is 0 Å². The van der Waals surface area contributed by atoms with E-state index in [0.717, 1.165) is 25.4 Å². The molecule has 0 aromatic rings. The summed E-state index contributed by atoms with van der Waals surface area (Å²) in [5.74, 6) is 1.82. The lowest BCUT2D eigenvalue weighted by Crippen LogP contribution is -2.44. The van der Waals surface area contributed by atoms with E-state index < -0.39 is 0 Å². The number of hydrogen-bond acceptors (Lipinski definition) is 2. The summed E-state index contributed by atoms with van der Waals surface area (Å²) in [6, 6.07) is 1.19. The predicted molar refractivity (Wildman–Crippen MR) is 65.1 cm³/mol. The lowest BCUT2D eigenvalue weighted by atomic mass is 9.98. The Kier molecular flexibility index (Phi) is 3.53. The summed E-state index contributed by atoms with van der Waals surface area (Å²) in [5.41, 5.74) is 0. The molecule has 2 rings (SSSR count). The molecule has 0 aromatic carbocycles. The Morgan fingerprint density at radius 2 is 2.00 bits per heavy atom. The van der Waals surface area contributed by atoms with E-state index in [1.54, 1.807) is 6.92 Å². The minimum atomic E-state index is 0.219. The monoisotopic (exact) mass is 224 g/mol. The Bertz CT molecular complexity index is 259. The van der Waals surface area contributed by atoms with E-state index in [-0.39, 0.29) is 5.91 Å². The van der Waals surface area contributed by atoms with Crippen LogP contribution in [-0.4, -0.2) is 36.0 Å². The van der Waals surface area contributed by atoms with Gasteiger partial charge in [-0.15, -0.1) is 0 Å². The third-order valence-electron chi connectivity index (χ3n) is 3.91. The van der Waals surface area contributed by atoms with Crippen LogP contribution < -0.4 is 5.32 Å². The molecular weight excluding hydrogens is 200 g/mol. The minimum absolute atomic E-state index is 0.219. The molecule has 1 aliphatic carbocycles. The van der Waals surface area contributed by atoms with Crippen LogP contribution in [0.15, 0.2) is 0 Å². The zero-order valence-electron chi connectivity index (χ0n) is 10.7. The highest BCUT2D eigenvalue weighted by Gasteiger charge is 2.35. The number of carbonyl (C=O) groups excluding carboxylic acids is 1. The van der Waals surface area contributed by atoms with Crippen molar-refractivity contribution in [1.82, 2.24) is 10.2 Å². The second-order valence-electron chi connectivity index (χ2n) is 5.72. The minimum Gasteiger partial charge on any atom is -0.341 e. The summed E-state index contributed by atoms with van der Waals surface area (Å²) >= 11 is 0. The third kappa shape index (κ3) is 2.76. The molecule has 2 fully saturated rings. The van der Waals surface area contributed by atoms with E-state index in [2.05, 4.69) is 19.2 Å². The summed E-state index contributed by atoms with van der Waals surface area (Å²) in [7, 11) is 0. The van der Waals surface area contributed by atoms with Crippen LogP contribution in [0.4, 0.5) is 0 Å². The molecule has 0 bridgehead atoms. The van der Waals surface area contributed by atoms with Gasteiger partial charge in [0.1, 0.15) is 0 Å². The quantitative estimate of drug-likeness (QED) is 0.787. The molecule has 0 spiro atoms. The van der Waals surface area contributed by atoms with Gasteiger partial charge in [-0.2, -0.15) is 0 Å². The molecule has 0 aromatic heterocycles. The van der Waals surface area contributed by atoms with Crippen molar-refractivity contribution in [2.45, 2.75) is 52.1 Å². The second kappa shape index (κ2) is 4.74. The number of carbonyl (C=O) groups is 1. The number of rotatable bonds is 4. The largest absolute Gasteiger partial charge is 0.341 e. The lowest BCUT2D eigenvalue weighted by molar-refractivity contribution is -0.127. The van der Waals surface area contributed by atoms with Crippen molar-refractivity contribution in [2.24, 2.45) is 11.8 Å². The van der Waals surface area contributed by atoms with Crippen molar-refractivity contribution in [3.63, 3.8) is 0 Å². The molecule has 1 saturated carbocycles. The first-order valence-electron chi connectivity index (χ1n) is 6.59. The number of amides is 1. The molecule has 92 valence electrons. The van der Waals surface area contributed by atoms with Gasteiger partial charge in [0.25, 0.3) is 0 Å². The van der Waals surface area contributed by atoms with Crippen LogP contribution >= 0.6 is 0 Å². The first-order chi connectivity index (χ1) is 7.58.